The van der Waals surface area contributed by atoms with Crippen LogP contribution in [0.5, 0.6) is 0 Å². The molecule has 1 aliphatic heterocycles. The molecule has 3 aromatic rings. The lowest BCUT2D eigenvalue weighted by molar-refractivity contribution is -0.932. The number of tetrazole rings is 1. The van der Waals surface area contributed by atoms with Gasteiger partial charge in [-0.15, -0.1) is 5.10 Å². The number of aromatic nitrogens is 5. The van der Waals surface area contributed by atoms with E-state index in [1.807, 2.05) is 10.7 Å². The number of hydrogen-bond acceptors (Lipinski definition) is 4. The minimum atomic E-state index is -0.224. The van der Waals surface area contributed by atoms with Crippen LogP contribution in [0.15, 0.2) is 29.1 Å². The Balaban J connectivity index is 1.89. The van der Waals surface area contributed by atoms with Crippen LogP contribution in [0.1, 0.15) is 76.9 Å². The van der Waals surface area contributed by atoms with Crippen molar-refractivity contribution < 1.29 is 4.90 Å². The standard InChI is InChI=1S/C24H34N6O/c1-6-17-8-9-20-18(14-17)15-19(23(31)25-20)21(29-12-10-16(3)11-13-29)22-26-27-28-30(22)24(4,5)7-2/h8-9,14-16,21H,6-7,10-13H2,1-5H3,(H,25,31)/p+1/t21-/m0/s1. The predicted molar refractivity (Wildman–Crippen MR) is 122 cm³/mol. The topological polar surface area (TPSA) is 80.9 Å². The number of H-pyrrole nitrogens is 1. The highest BCUT2D eigenvalue weighted by Crippen LogP contribution is 2.26. The quantitative estimate of drug-likeness (QED) is 0.639. The van der Waals surface area contributed by atoms with Crippen molar-refractivity contribution in [3.8, 4) is 0 Å². The number of fused-ring (bicyclic) bond motifs is 1. The number of rotatable bonds is 6. The number of hydrogen-bond donors (Lipinski definition) is 2. The Kier molecular flexibility index (Phi) is 5.97. The van der Waals surface area contributed by atoms with Crippen molar-refractivity contribution in [2.75, 3.05) is 13.1 Å². The second kappa shape index (κ2) is 8.54. The number of aromatic amines is 1. The van der Waals surface area contributed by atoms with Crippen molar-refractivity contribution in [2.45, 2.75) is 71.9 Å². The molecule has 1 fully saturated rings. The zero-order chi connectivity index (χ0) is 22.2. The highest BCUT2D eigenvalue weighted by molar-refractivity contribution is 5.79. The van der Waals surface area contributed by atoms with Gasteiger partial charge in [0.2, 0.25) is 5.82 Å². The first-order valence-corrected chi connectivity index (χ1v) is 11.6. The monoisotopic (exact) mass is 423 g/mol. The second-order valence-corrected chi connectivity index (χ2v) is 9.72. The van der Waals surface area contributed by atoms with Crippen LogP contribution in [-0.2, 0) is 12.0 Å². The number of likely N-dealkylation sites (tertiary alicyclic amines) is 1. The summed E-state index contributed by atoms with van der Waals surface area (Å²) in [5.41, 5.74) is 2.63. The van der Waals surface area contributed by atoms with Gasteiger partial charge in [0, 0.05) is 5.52 Å². The molecule has 1 saturated heterocycles. The first-order chi connectivity index (χ1) is 14.8. The number of pyridine rings is 1. The van der Waals surface area contributed by atoms with E-state index in [0.717, 1.165) is 67.0 Å². The molecule has 1 atom stereocenters. The normalized spacial score (nSPS) is 20.8. The third-order valence-electron chi connectivity index (χ3n) is 7.17. The van der Waals surface area contributed by atoms with Crippen molar-refractivity contribution in [3.63, 3.8) is 0 Å². The summed E-state index contributed by atoms with van der Waals surface area (Å²) in [5, 5.41) is 14.0. The van der Waals surface area contributed by atoms with Gasteiger partial charge in [-0.25, -0.2) is 4.68 Å². The fourth-order valence-corrected chi connectivity index (χ4v) is 4.63. The SMILES string of the molecule is CCc1ccc2[nH]c(=O)c([C@@H](c3nnnn3C(C)(C)CC)[NH+]3CCC(C)CC3)cc2c1. The van der Waals surface area contributed by atoms with Gasteiger partial charge >= 0.3 is 0 Å². The van der Waals surface area contributed by atoms with Crippen LogP contribution in [-0.4, -0.2) is 38.3 Å². The van der Waals surface area contributed by atoms with Crippen LogP contribution >= 0.6 is 0 Å². The van der Waals surface area contributed by atoms with E-state index in [9.17, 15) is 4.79 Å². The number of aryl methyl sites for hydroxylation is 1. The summed E-state index contributed by atoms with van der Waals surface area (Å²) in [6, 6.07) is 8.15. The Morgan fingerprint density at radius 1 is 1.23 bits per heavy atom. The number of nitrogens with zero attached hydrogens (tertiary/aromatic N) is 4. The third kappa shape index (κ3) is 4.15. The van der Waals surface area contributed by atoms with E-state index < -0.39 is 0 Å². The van der Waals surface area contributed by atoms with E-state index in [1.54, 1.807) is 0 Å². The molecule has 3 heterocycles. The molecule has 0 unspecified atom stereocenters. The molecule has 0 amide bonds. The second-order valence-electron chi connectivity index (χ2n) is 9.72. The third-order valence-corrected chi connectivity index (χ3v) is 7.17. The molecule has 1 aliphatic rings. The van der Waals surface area contributed by atoms with Crippen molar-refractivity contribution in [1.29, 1.82) is 0 Å². The molecule has 0 spiro atoms. The summed E-state index contributed by atoms with van der Waals surface area (Å²) in [5.74, 6) is 1.50. The predicted octanol–water partition coefficient (Wildman–Crippen LogP) is 2.63. The Morgan fingerprint density at radius 2 is 1.97 bits per heavy atom. The Morgan fingerprint density at radius 3 is 2.65 bits per heavy atom. The van der Waals surface area contributed by atoms with Crippen molar-refractivity contribution in [2.24, 2.45) is 5.92 Å². The largest absolute Gasteiger partial charge is 0.322 e. The minimum absolute atomic E-state index is 0.0447. The van der Waals surface area contributed by atoms with Crippen LogP contribution in [0.3, 0.4) is 0 Å². The fraction of sp³-hybridized carbons (Fsp3) is 0.583. The van der Waals surface area contributed by atoms with E-state index in [2.05, 4.69) is 73.3 Å². The molecule has 31 heavy (non-hydrogen) atoms. The fourth-order valence-electron chi connectivity index (χ4n) is 4.63. The van der Waals surface area contributed by atoms with E-state index in [4.69, 9.17) is 0 Å². The molecule has 7 nitrogen and oxygen atoms in total. The van der Waals surface area contributed by atoms with Gasteiger partial charge < -0.3 is 9.88 Å². The maximum atomic E-state index is 13.3. The van der Waals surface area contributed by atoms with Gasteiger partial charge in [0.05, 0.1) is 24.2 Å². The van der Waals surface area contributed by atoms with E-state index in [-0.39, 0.29) is 17.1 Å². The van der Waals surface area contributed by atoms with E-state index in [1.165, 1.54) is 10.5 Å². The number of piperidine rings is 1. The Hall–Kier alpha value is -2.54. The van der Waals surface area contributed by atoms with Crippen LogP contribution in [0, 0.1) is 5.92 Å². The zero-order valence-electron chi connectivity index (χ0n) is 19.4. The summed E-state index contributed by atoms with van der Waals surface area (Å²) in [6.45, 7) is 12.9. The Labute approximate surface area is 183 Å². The molecule has 4 rings (SSSR count). The summed E-state index contributed by atoms with van der Waals surface area (Å²) in [6.07, 6.45) is 4.16. The van der Waals surface area contributed by atoms with Gasteiger partial charge in [-0.2, -0.15) is 0 Å². The molecule has 2 N–H and O–H groups in total. The first kappa shape index (κ1) is 21.7. The molecule has 0 aliphatic carbocycles. The Bertz CT molecular complexity index is 1110. The summed E-state index contributed by atoms with van der Waals surface area (Å²) >= 11 is 0. The van der Waals surface area contributed by atoms with Crippen LogP contribution in [0.2, 0.25) is 0 Å². The van der Waals surface area contributed by atoms with Gasteiger partial charge in [0.25, 0.3) is 5.56 Å². The number of benzene rings is 1. The number of nitrogens with one attached hydrogen (secondary N) is 2. The summed E-state index contributed by atoms with van der Waals surface area (Å²) < 4.78 is 1.94. The van der Waals surface area contributed by atoms with Gasteiger partial charge in [0.1, 0.15) is 0 Å². The average molecular weight is 424 g/mol. The average Bonchev–Trinajstić information content (AvgIpc) is 3.25. The number of quaternary nitrogens is 1. The van der Waals surface area contributed by atoms with Crippen molar-refractivity contribution >= 4 is 10.9 Å². The summed E-state index contributed by atoms with van der Waals surface area (Å²) in [4.78, 5) is 17.8. The summed E-state index contributed by atoms with van der Waals surface area (Å²) in [7, 11) is 0. The molecule has 7 heteroatoms. The molecule has 2 aromatic heterocycles. The van der Waals surface area contributed by atoms with Crippen LogP contribution in [0.25, 0.3) is 10.9 Å². The molecule has 1 aromatic carbocycles. The lowest BCUT2D eigenvalue weighted by Crippen LogP contribution is -3.13. The van der Waals surface area contributed by atoms with Crippen molar-refractivity contribution in [3.05, 3.63) is 51.6 Å². The highest BCUT2D eigenvalue weighted by atomic mass is 16.1. The molecular formula is C24H35N6O+. The highest BCUT2D eigenvalue weighted by Gasteiger charge is 2.38. The molecule has 0 bridgehead atoms. The van der Waals surface area contributed by atoms with Gasteiger partial charge in [-0.3, -0.25) is 4.79 Å². The molecule has 0 saturated carbocycles. The van der Waals surface area contributed by atoms with Crippen LogP contribution < -0.4 is 10.5 Å². The smallest absolute Gasteiger partial charge is 0.258 e. The lowest BCUT2D eigenvalue weighted by Gasteiger charge is -2.34. The molecule has 0 radical (unpaired) electrons. The van der Waals surface area contributed by atoms with Gasteiger partial charge in [-0.1, -0.05) is 26.8 Å². The van der Waals surface area contributed by atoms with E-state index in [0.29, 0.717) is 0 Å². The van der Waals surface area contributed by atoms with Gasteiger partial charge in [0.15, 0.2) is 6.04 Å². The molecule has 166 valence electrons. The lowest BCUT2D eigenvalue weighted by atomic mass is 9.94. The maximum absolute atomic E-state index is 13.3. The van der Waals surface area contributed by atoms with Crippen LogP contribution in [0.4, 0.5) is 0 Å². The molecular weight excluding hydrogens is 388 g/mol. The zero-order valence-corrected chi connectivity index (χ0v) is 19.4. The minimum Gasteiger partial charge on any atom is -0.322 e. The van der Waals surface area contributed by atoms with Crippen molar-refractivity contribution in [1.82, 2.24) is 25.2 Å². The van der Waals surface area contributed by atoms with E-state index >= 15 is 0 Å². The van der Waals surface area contributed by atoms with Gasteiger partial charge in [-0.05, 0) is 85.0 Å². The first-order valence-electron chi connectivity index (χ1n) is 11.6. The maximum Gasteiger partial charge on any atom is 0.258 e.